The molecule has 0 aromatic rings. The Bertz CT molecular complexity index is 906. The number of carboxylic acid groups (broad SMARTS) is 1. The Morgan fingerprint density at radius 3 is 2.54 bits per heavy atom. The third-order valence-corrected chi connectivity index (χ3v) is 9.05. The number of hydrogen-bond acceptors (Lipinski definition) is 7. The van der Waals surface area contributed by atoms with Crippen molar-refractivity contribution in [2.24, 2.45) is 23.7 Å². The molecule has 0 saturated carbocycles. The Kier molecular flexibility index (Phi) is 8.05. The van der Waals surface area contributed by atoms with E-state index in [1.54, 1.807) is 17.9 Å². The van der Waals surface area contributed by atoms with Gasteiger partial charge in [-0.2, -0.15) is 0 Å². The lowest BCUT2D eigenvalue weighted by Gasteiger charge is -2.40. The molecule has 7 atom stereocenters. The number of rotatable bonds is 11. The normalized spacial score (nSPS) is 36.2. The van der Waals surface area contributed by atoms with Crippen LogP contribution in [0.5, 0.6) is 0 Å². The molecule has 2 N–H and O–H groups in total. The molecule has 4 rings (SSSR count). The summed E-state index contributed by atoms with van der Waals surface area (Å²) in [5.74, 6) is -3.75. The number of aliphatic hydroxyl groups is 1. The second-order valence-corrected chi connectivity index (χ2v) is 11.8. The third kappa shape index (κ3) is 4.60. The van der Waals surface area contributed by atoms with Crippen LogP contribution in [-0.2, 0) is 23.9 Å². The van der Waals surface area contributed by atoms with Gasteiger partial charge in [0.2, 0.25) is 11.8 Å². The molecule has 10 nitrogen and oxygen atoms in total. The number of fused-ring (bicyclic) bond motifs is 1. The Morgan fingerprint density at radius 1 is 1.30 bits per heavy atom. The molecule has 4 aliphatic rings. The maximum atomic E-state index is 14.4. The van der Waals surface area contributed by atoms with E-state index in [1.807, 2.05) is 20.8 Å². The number of carbonyl (C=O) groups excluding carboxylic acids is 2. The summed E-state index contributed by atoms with van der Waals surface area (Å²) in [7, 11) is 0. The van der Waals surface area contributed by atoms with Crippen molar-refractivity contribution >= 4 is 17.8 Å². The predicted octanol–water partition coefficient (Wildman–Crippen LogP) is 0.836. The Labute approximate surface area is 219 Å². The highest BCUT2D eigenvalue weighted by Crippen LogP contribution is 2.65. The van der Waals surface area contributed by atoms with Gasteiger partial charge in [-0.1, -0.05) is 26.8 Å². The fourth-order valence-corrected chi connectivity index (χ4v) is 7.25. The summed E-state index contributed by atoms with van der Waals surface area (Å²) in [5, 5.41) is 20.6. The summed E-state index contributed by atoms with van der Waals surface area (Å²) in [6.45, 7) is 15.5. The van der Waals surface area contributed by atoms with Crippen molar-refractivity contribution < 1.29 is 34.1 Å². The maximum absolute atomic E-state index is 14.4. The van der Waals surface area contributed by atoms with Crippen molar-refractivity contribution in [2.45, 2.75) is 63.8 Å². The van der Waals surface area contributed by atoms with Gasteiger partial charge >= 0.3 is 5.97 Å². The first kappa shape index (κ1) is 28.0. The lowest BCUT2D eigenvalue weighted by molar-refractivity contribution is -0.160. The monoisotopic (exact) mass is 521 g/mol. The molecule has 4 saturated heterocycles. The van der Waals surface area contributed by atoms with Crippen molar-refractivity contribution in [1.82, 2.24) is 14.7 Å². The zero-order valence-corrected chi connectivity index (χ0v) is 22.6. The highest BCUT2D eigenvalue weighted by molar-refractivity contribution is 5.98. The van der Waals surface area contributed by atoms with Crippen LogP contribution in [0.15, 0.2) is 12.7 Å². The zero-order chi connectivity index (χ0) is 27.1. The molecule has 0 aromatic carbocycles. The highest BCUT2D eigenvalue weighted by atomic mass is 16.5. The van der Waals surface area contributed by atoms with E-state index in [2.05, 4.69) is 11.5 Å². The summed E-state index contributed by atoms with van der Waals surface area (Å²) in [4.78, 5) is 46.4. The van der Waals surface area contributed by atoms with Crippen molar-refractivity contribution in [3.05, 3.63) is 12.7 Å². The van der Waals surface area contributed by atoms with Gasteiger partial charge in [0.1, 0.15) is 17.6 Å². The fourth-order valence-electron chi connectivity index (χ4n) is 7.25. The lowest BCUT2D eigenvalue weighted by Crippen LogP contribution is -2.59. The first-order valence-electron chi connectivity index (χ1n) is 13.6. The largest absolute Gasteiger partial charge is 0.481 e. The van der Waals surface area contributed by atoms with Crippen LogP contribution in [0.1, 0.15) is 40.5 Å². The van der Waals surface area contributed by atoms with Gasteiger partial charge in [0.25, 0.3) is 0 Å². The molecular formula is C27H43N3O7. The van der Waals surface area contributed by atoms with E-state index in [0.29, 0.717) is 45.7 Å². The number of carbonyl (C=O) groups is 3. The predicted molar refractivity (Wildman–Crippen MR) is 136 cm³/mol. The van der Waals surface area contributed by atoms with E-state index in [9.17, 15) is 24.6 Å². The molecule has 4 heterocycles. The Hall–Kier alpha value is -2.01. The number of aliphatic carboxylic acids is 1. The smallest absolute Gasteiger partial charge is 0.310 e. The fraction of sp³-hybridized carbons (Fsp3) is 0.815. The second-order valence-electron chi connectivity index (χ2n) is 11.8. The molecule has 4 fully saturated rings. The molecule has 0 radical (unpaired) electrons. The van der Waals surface area contributed by atoms with E-state index in [4.69, 9.17) is 9.47 Å². The van der Waals surface area contributed by atoms with E-state index in [0.717, 1.165) is 13.1 Å². The van der Waals surface area contributed by atoms with Crippen LogP contribution in [0.2, 0.25) is 0 Å². The van der Waals surface area contributed by atoms with Gasteiger partial charge in [0.15, 0.2) is 0 Å². The van der Waals surface area contributed by atoms with E-state index in [-0.39, 0.29) is 24.3 Å². The van der Waals surface area contributed by atoms with Gasteiger partial charge in [-0.05, 0) is 31.6 Å². The third-order valence-electron chi connectivity index (χ3n) is 9.05. The van der Waals surface area contributed by atoms with Gasteiger partial charge in [-0.15, -0.1) is 6.58 Å². The minimum atomic E-state index is -1.24. The number of carboxylic acids is 1. The first-order valence-corrected chi connectivity index (χ1v) is 13.6. The maximum Gasteiger partial charge on any atom is 0.310 e. The van der Waals surface area contributed by atoms with Crippen LogP contribution < -0.4 is 0 Å². The van der Waals surface area contributed by atoms with E-state index in [1.165, 1.54) is 4.90 Å². The number of amides is 2. The molecule has 2 amide bonds. The number of likely N-dealkylation sites (tertiary alicyclic amines) is 1. The molecular weight excluding hydrogens is 478 g/mol. The minimum absolute atomic E-state index is 0.147. The van der Waals surface area contributed by atoms with Gasteiger partial charge in [0, 0.05) is 32.7 Å². The molecule has 0 aromatic heterocycles. The van der Waals surface area contributed by atoms with Crippen LogP contribution in [0, 0.1) is 23.7 Å². The van der Waals surface area contributed by atoms with E-state index >= 15 is 0 Å². The van der Waals surface area contributed by atoms with Crippen LogP contribution in [0.4, 0.5) is 0 Å². The topological polar surface area (TPSA) is 120 Å². The molecule has 4 aliphatic heterocycles. The number of nitrogens with zero attached hydrogens (tertiary/aromatic N) is 3. The molecule has 1 spiro atoms. The minimum Gasteiger partial charge on any atom is -0.481 e. The molecule has 2 bridgehead atoms. The van der Waals surface area contributed by atoms with E-state index < -0.39 is 47.0 Å². The van der Waals surface area contributed by atoms with Crippen LogP contribution >= 0.6 is 0 Å². The SMILES string of the molecule is C=CCN(CCN1CCOCC1)C(=O)C1N([C@@H](CO)CC(C)C)C(=O)[C@@H]2[C@@H](C(=O)O)[C@]3(C)OC12CC3C. The van der Waals surface area contributed by atoms with Crippen LogP contribution in [-0.4, -0.2) is 119 Å². The number of ether oxygens (including phenoxy) is 2. The lowest BCUT2D eigenvalue weighted by atomic mass is 9.62. The van der Waals surface area contributed by atoms with Crippen molar-refractivity contribution in [3.63, 3.8) is 0 Å². The van der Waals surface area contributed by atoms with Crippen molar-refractivity contribution in [2.75, 3.05) is 52.5 Å². The highest BCUT2D eigenvalue weighted by Gasteiger charge is 2.80. The number of aliphatic hydroxyl groups excluding tert-OH is 1. The summed E-state index contributed by atoms with van der Waals surface area (Å²) in [6.07, 6.45) is 2.58. The summed E-state index contributed by atoms with van der Waals surface area (Å²) in [6, 6.07) is -1.61. The molecule has 208 valence electrons. The first-order chi connectivity index (χ1) is 17.5. The average molecular weight is 522 g/mol. The zero-order valence-electron chi connectivity index (χ0n) is 22.6. The number of hydrogen-bond donors (Lipinski definition) is 2. The molecule has 0 aliphatic carbocycles. The average Bonchev–Trinajstić information content (AvgIpc) is 3.37. The Morgan fingerprint density at radius 2 is 1.97 bits per heavy atom. The van der Waals surface area contributed by atoms with Crippen molar-refractivity contribution in [3.8, 4) is 0 Å². The summed E-state index contributed by atoms with van der Waals surface area (Å²) in [5.41, 5.74) is -2.28. The summed E-state index contributed by atoms with van der Waals surface area (Å²) < 4.78 is 12.0. The van der Waals surface area contributed by atoms with Gasteiger partial charge < -0.3 is 29.5 Å². The molecule has 37 heavy (non-hydrogen) atoms. The van der Waals surface area contributed by atoms with Gasteiger partial charge in [-0.3, -0.25) is 19.3 Å². The van der Waals surface area contributed by atoms with Crippen LogP contribution in [0.3, 0.4) is 0 Å². The van der Waals surface area contributed by atoms with Gasteiger partial charge in [-0.25, -0.2) is 0 Å². The molecule has 3 unspecified atom stereocenters. The molecule has 10 heteroatoms. The van der Waals surface area contributed by atoms with Gasteiger partial charge in [0.05, 0.1) is 37.4 Å². The second kappa shape index (κ2) is 10.6. The Balaban J connectivity index is 1.73. The summed E-state index contributed by atoms with van der Waals surface area (Å²) >= 11 is 0. The van der Waals surface area contributed by atoms with Crippen LogP contribution in [0.25, 0.3) is 0 Å². The quantitative estimate of drug-likeness (QED) is 0.384. The van der Waals surface area contributed by atoms with Crippen molar-refractivity contribution in [1.29, 1.82) is 0 Å². The standard InChI is InChI=1S/C27H43N3O7/c1-6-7-29(9-8-28-10-12-36-13-11-28)24(33)22-27-15-18(4)26(5,37-27)21(25(34)35)20(27)23(32)30(22)19(16-31)14-17(2)3/h6,17-22,31H,1,7-16H2,2-5H3,(H,34,35)/t18?,19-,20+,21+,22?,26-,27?/m1/s1. The number of morpholine rings is 1.